The summed E-state index contributed by atoms with van der Waals surface area (Å²) in [6, 6.07) is 9.68. The van der Waals surface area contributed by atoms with E-state index in [2.05, 4.69) is 12.6 Å². The van der Waals surface area contributed by atoms with Crippen LogP contribution in [-0.2, 0) is 11.3 Å². The van der Waals surface area contributed by atoms with E-state index in [0.717, 1.165) is 18.5 Å². The van der Waals surface area contributed by atoms with Gasteiger partial charge in [0, 0.05) is 13.1 Å². The lowest BCUT2D eigenvalue weighted by Crippen LogP contribution is -2.28. The lowest BCUT2D eigenvalue weighted by molar-refractivity contribution is 0.105. The van der Waals surface area contributed by atoms with Crippen molar-refractivity contribution < 1.29 is 9.53 Å². The number of amides is 1. The molecule has 3 nitrogen and oxygen atoms in total. The molecule has 0 aliphatic carbocycles. The van der Waals surface area contributed by atoms with Gasteiger partial charge in [-0.2, -0.15) is 12.6 Å². The zero-order chi connectivity index (χ0) is 12.1. The fourth-order valence-corrected chi connectivity index (χ4v) is 1.96. The number of hydrogen-bond acceptors (Lipinski definition) is 3. The molecule has 1 aromatic rings. The molecule has 17 heavy (non-hydrogen) atoms. The van der Waals surface area contributed by atoms with E-state index in [0.29, 0.717) is 13.2 Å². The van der Waals surface area contributed by atoms with E-state index < -0.39 is 0 Å². The molecular formula is C13H15NO2S. The van der Waals surface area contributed by atoms with Gasteiger partial charge in [-0.05, 0) is 23.0 Å². The average Bonchev–Trinajstić information content (AvgIpc) is 2.86. The number of thiol groups is 1. The maximum Gasteiger partial charge on any atom is 0.410 e. The Balaban J connectivity index is 1.82. The summed E-state index contributed by atoms with van der Waals surface area (Å²) >= 11 is 4.09. The molecule has 1 aromatic carbocycles. The van der Waals surface area contributed by atoms with E-state index >= 15 is 0 Å². The van der Waals surface area contributed by atoms with Gasteiger partial charge in [0.1, 0.15) is 6.61 Å². The molecule has 1 aliphatic heterocycles. The second-order valence-electron chi connectivity index (χ2n) is 4.00. The average molecular weight is 249 g/mol. The van der Waals surface area contributed by atoms with Crippen LogP contribution in [0.2, 0.25) is 0 Å². The standard InChI is InChI=1S/C13H15NO2S/c15-13(14-7-6-12(8-14)10-17)16-9-11-4-2-1-3-5-11/h1-5,10,17H,6-9H2/b12-10-. The largest absolute Gasteiger partial charge is 0.445 e. The number of carbonyl (C=O) groups excluding carboxylic acids is 1. The fourth-order valence-electron chi connectivity index (χ4n) is 1.75. The second-order valence-corrected chi connectivity index (χ2v) is 4.26. The summed E-state index contributed by atoms with van der Waals surface area (Å²) in [6.07, 6.45) is 0.642. The summed E-state index contributed by atoms with van der Waals surface area (Å²) in [7, 11) is 0. The van der Waals surface area contributed by atoms with Gasteiger partial charge in [0.25, 0.3) is 0 Å². The summed E-state index contributed by atoms with van der Waals surface area (Å²) in [4.78, 5) is 13.4. The number of nitrogens with zero attached hydrogens (tertiary/aromatic N) is 1. The minimum atomic E-state index is -0.251. The quantitative estimate of drug-likeness (QED) is 0.817. The van der Waals surface area contributed by atoms with Gasteiger partial charge in [-0.15, -0.1) is 0 Å². The highest BCUT2D eigenvalue weighted by molar-refractivity contribution is 7.83. The molecule has 1 saturated heterocycles. The van der Waals surface area contributed by atoms with Gasteiger partial charge in [-0.25, -0.2) is 4.79 Å². The monoisotopic (exact) mass is 249 g/mol. The zero-order valence-corrected chi connectivity index (χ0v) is 10.4. The number of likely N-dealkylation sites (tertiary alicyclic amines) is 1. The summed E-state index contributed by atoms with van der Waals surface area (Å²) < 4.78 is 5.24. The molecule has 4 heteroatoms. The first-order valence-electron chi connectivity index (χ1n) is 5.57. The number of hydrogen-bond donors (Lipinski definition) is 1. The van der Waals surface area contributed by atoms with Crippen LogP contribution in [0.3, 0.4) is 0 Å². The number of ether oxygens (including phenoxy) is 1. The Hall–Kier alpha value is -1.42. The van der Waals surface area contributed by atoms with Gasteiger partial charge in [-0.3, -0.25) is 0 Å². The fraction of sp³-hybridized carbons (Fsp3) is 0.308. The molecule has 0 saturated carbocycles. The van der Waals surface area contributed by atoms with Crippen molar-refractivity contribution >= 4 is 18.7 Å². The van der Waals surface area contributed by atoms with Crippen molar-refractivity contribution in [2.45, 2.75) is 13.0 Å². The molecular weight excluding hydrogens is 234 g/mol. The van der Waals surface area contributed by atoms with E-state index in [1.54, 1.807) is 10.3 Å². The summed E-state index contributed by atoms with van der Waals surface area (Å²) in [5, 5.41) is 1.77. The van der Waals surface area contributed by atoms with Crippen molar-refractivity contribution in [1.82, 2.24) is 4.90 Å². The van der Waals surface area contributed by atoms with E-state index in [9.17, 15) is 4.79 Å². The summed E-state index contributed by atoms with van der Waals surface area (Å²) in [5.74, 6) is 0. The first-order chi connectivity index (χ1) is 8.29. The van der Waals surface area contributed by atoms with Crippen molar-refractivity contribution in [3.8, 4) is 0 Å². The lowest BCUT2D eigenvalue weighted by atomic mass is 10.2. The highest BCUT2D eigenvalue weighted by Gasteiger charge is 2.22. The highest BCUT2D eigenvalue weighted by atomic mass is 32.1. The van der Waals surface area contributed by atoms with Gasteiger partial charge < -0.3 is 9.64 Å². The molecule has 0 bridgehead atoms. The van der Waals surface area contributed by atoms with Crippen molar-refractivity contribution in [3.05, 3.63) is 46.9 Å². The molecule has 0 atom stereocenters. The molecule has 0 radical (unpaired) electrons. The van der Waals surface area contributed by atoms with Crippen LogP contribution in [0.4, 0.5) is 4.79 Å². The number of benzene rings is 1. The third-order valence-corrected chi connectivity index (χ3v) is 3.11. The maximum atomic E-state index is 11.7. The highest BCUT2D eigenvalue weighted by Crippen LogP contribution is 2.17. The van der Waals surface area contributed by atoms with E-state index in [1.807, 2.05) is 30.3 Å². The third-order valence-electron chi connectivity index (χ3n) is 2.74. The van der Waals surface area contributed by atoms with Gasteiger partial charge in [0.15, 0.2) is 0 Å². The van der Waals surface area contributed by atoms with Crippen molar-refractivity contribution in [1.29, 1.82) is 0 Å². The molecule has 0 spiro atoms. The molecule has 90 valence electrons. The number of carbonyl (C=O) groups is 1. The first-order valence-corrected chi connectivity index (χ1v) is 6.09. The Labute approximate surface area is 106 Å². The molecule has 1 fully saturated rings. The van der Waals surface area contributed by atoms with E-state index in [-0.39, 0.29) is 6.09 Å². The van der Waals surface area contributed by atoms with Crippen LogP contribution < -0.4 is 0 Å². The predicted molar refractivity (Wildman–Crippen MR) is 69.9 cm³/mol. The Morgan fingerprint density at radius 1 is 1.41 bits per heavy atom. The summed E-state index contributed by atoms with van der Waals surface area (Å²) in [6.45, 7) is 1.69. The van der Waals surface area contributed by atoms with Crippen molar-refractivity contribution in [2.75, 3.05) is 13.1 Å². The van der Waals surface area contributed by atoms with E-state index in [4.69, 9.17) is 4.74 Å². The minimum Gasteiger partial charge on any atom is -0.445 e. The maximum absolute atomic E-state index is 11.7. The molecule has 0 N–H and O–H groups in total. The molecule has 1 amide bonds. The van der Waals surface area contributed by atoms with Crippen molar-refractivity contribution in [2.24, 2.45) is 0 Å². The van der Waals surface area contributed by atoms with Gasteiger partial charge in [-0.1, -0.05) is 30.3 Å². The SMILES string of the molecule is O=C(OCc1ccccc1)N1CC/C(=C/S)C1. The van der Waals surface area contributed by atoms with Gasteiger partial charge in [0.2, 0.25) is 0 Å². The molecule has 0 unspecified atom stereocenters. The van der Waals surface area contributed by atoms with Crippen LogP contribution in [0.5, 0.6) is 0 Å². The summed E-state index contributed by atoms with van der Waals surface area (Å²) in [5.41, 5.74) is 2.18. The lowest BCUT2D eigenvalue weighted by Gasteiger charge is -2.14. The molecule has 0 aromatic heterocycles. The Morgan fingerprint density at radius 2 is 2.18 bits per heavy atom. The third kappa shape index (κ3) is 3.27. The van der Waals surface area contributed by atoms with Crippen LogP contribution >= 0.6 is 12.6 Å². The second kappa shape index (κ2) is 5.77. The molecule has 2 rings (SSSR count). The molecule has 1 aliphatic rings. The molecule has 1 heterocycles. The van der Waals surface area contributed by atoms with Crippen LogP contribution in [0.15, 0.2) is 41.3 Å². The minimum absolute atomic E-state index is 0.251. The van der Waals surface area contributed by atoms with Crippen LogP contribution in [-0.4, -0.2) is 24.1 Å². The van der Waals surface area contributed by atoms with Gasteiger partial charge in [0.05, 0.1) is 0 Å². The normalized spacial score (nSPS) is 17.5. The van der Waals surface area contributed by atoms with Gasteiger partial charge >= 0.3 is 6.09 Å². The van der Waals surface area contributed by atoms with Crippen molar-refractivity contribution in [3.63, 3.8) is 0 Å². The smallest absolute Gasteiger partial charge is 0.410 e. The van der Waals surface area contributed by atoms with Crippen LogP contribution in [0, 0.1) is 0 Å². The topological polar surface area (TPSA) is 29.5 Å². The Kier molecular flexibility index (Phi) is 4.09. The number of rotatable bonds is 2. The predicted octanol–water partition coefficient (Wildman–Crippen LogP) is 2.84. The van der Waals surface area contributed by atoms with Crippen LogP contribution in [0.25, 0.3) is 0 Å². The van der Waals surface area contributed by atoms with Crippen LogP contribution in [0.1, 0.15) is 12.0 Å². The van der Waals surface area contributed by atoms with E-state index in [1.165, 1.54) is 5.57 Å². The zero-order valence-electron chi connectivity index (χ0n) is 9.50. The Morgan fingerprint density at radius 3 is 2.82 bits per heavy atom. The first kappa shape index (κ1) is 12.0. The Bertz CT molecular complexity index is 417.